The van der Waals surface area contributed by atoms with E-state index in [9.17, 15) is 4.79 Å². The molecule has 0 aliphatic heterocycles. The van der Waals surface area contributed by atoms with E-state index in [1.54, 1.807) is 7.11 Å². The van der Waals surface area contributed by atoms with E-state index in [0.717, 1.165) is 12.8 Å². The second-order valence-electron chi connectivity index (χ2n) is 6.54. The molecule has 0 N–H and O–H groups in total. The Balaban J connectivity index is 2.59. The Hall–Kier alpha value is -0.570. The van der Waals surface area contributed by atoms with Gasteiger partial charge in [-0.3, -0.25) is 4.79 Å². The summed E-state index contributed by atoms with van der Waals surface area (Å²) in [5, 5.41) is 0. The van der Waals surface area contributed by atoms with Gasteiger partial charge in [0.25, 0.3) is 0 Å². The number of hydrogen-bond donors (Lipinski definition) is 0. The summed E-state index contributed by atoms with van der Waals surface area (Å²) in [7, 11) is 1.71. The van der Waals surface area contributed by atoms with Gasteiger partial charge in [-0.15, -0.1) is 0 Å². The van der Waals surface area contributed by atoms with E-state index in [4.69, 9.17) is 9.47 Å². The van der Waals surface area contributed by atoms with Crippen molar-refractivity contribution in [2.24, 2.45) is 11.3 Å². The van der Waals surface area contributed by atoms with Crippen LogP contribution in [0.1, 0.15) is 53.4 Å². The van der Waals surface area contributed by atoms with Crippen LogP contribution in [-0.2, 0) is 14.3 Å². The molecule has 1 saturated carbocycles. The summed E-state index contributed by atoms with van der Waals surface area (Å²) < 4.78 is 10.7. The van der Waals surface area contributed by atoms with Crippen LogP contribution < -0.4 is 0 Å². The number of methoxy groups -OCH3 is 1. The molecule has 1 aliphatic rings. The minimum absolute atomic E-state index is 0.0104. The fourth-order valence-corrected chi connectivity index (χ4v) is 2.83. The molecule has 17 heavy (non-hydrogen) atoms. The van der Waals surface area contributed by atoms with Gasteiger partial charge in [0.2, 0.25) is 0 Å². The lowest BCUT2D eigenvalue weighted by Gasteiger charge is -2.29. The molecule has 1 rings (SSSR count). The van der Waals surface area contributed by atoms with Gasteiger partial charge in [-0.1, -0.05) is 13.3 Å². The van der Waals surface area contributed by atoms with Gasteiger partial charge < -0.3 is 9.47 Å². The Kier molecular flexibility index (Phi) is 4.59. The molecule has 0 aromatic heterocycles. The second-order valence-corrected chi connectivity index (χ2v) is 6.54. The molecule has 100 valence electrons. The zero-order valence-corrected chi connectivity index (χ0v) is 11.8. The first kappa shape index (κ1) is 14.5. The topological polar surface area (TPSA) is 35.5 Å². The van der Waals surface area contributed by atoms with Crippen molar-refractivity contribution < 1.29 is 14.3 Å². The van der Waals surface area contributed by atoms with Crippen LogP contribution in [-0.4, -0.2) is 25.3 Å². The van der Waals surface area contributed by atoms with Gasteiger partial charge in [0.05, 0.1) is 13.0 Å². The standard InChI is InChI=1S/C14H26O3/c1-11-6-7-14(8-11,10-16-5)9-12(15)17-13(2,3)4/h11H,6-10H2,1-5H3/t11-,14+/m1/s1. The highest BCUT2D eigenvalue weighted by molar-refractivity contribution is 5.70. The maximum Gasteiger partial charge on any atom is 0.306 e. The number of carbonyl (C=O) groups is 1. The van der Waals surface area contributed by atoms with E-state index >= 15 is 0 Å². The predicted octanol–water partition coefficient (Wildman–Crippen LogP) is 3.17. The minimum atomic E-state index is -0.393. The van der Waals surface area contributed by atoms with E-state index in [2.05, 4.69) is 6.92 Å². The van der Waals surface area contributed by atoms with E-state index in [0.29, 0.717) is 18.9 Å². The molecule has 0 spiro atoms. The number of esters is 1. The van der Waals surface area contributed by atoms with Crippen LogP contribution in [0.3, 0.4) is 0 Å². The maximum absolute atomic E-state index is 11.9. The quantitative estimate of drug-likeness (QED) is 0.710. The Bertz CT molecular complexity index is 263. The summed E-state index contributed by atoms with van der Waals surface area (Å²) in [6, 6.07) is 0. The molecule has 0 radical (unpaired) electrons. The van der Waals surface area contributed by atoms with Gasteiger partial charge in [0, 0.05) is 12.5 Å². The van der Waals surface area contributed by atoms with Crippen molar-refractivity contribution in [2.45, 2.75) is 59.0 Å². The van der Waals surface area contributed by atoms with Crippen LogP contribution in [0.4, 0.5) is 0 Å². The van der Waals surface area contributed by atoms with Crippen LogP contribution in [0, 0.1) is 11.3 Å². The smallest absolute Gasteiger partial charge is 0.306 e. The summed E-state index contributed by atoms with van der Waals surface area (Å²) in [4.78, 5) is 11.9. The van der Waals surface area contributed by atoms with Gasteiger partial charge in [-0.2, -0.15) is 0 Å². The van der Waals surface area contributed by atoms with E-state index in [-0.39, 0.29) is 11.4 Å². The molecule has 0 heterocycles. The average Bonchev–Trinajstić information content (AvgIpc) is 2.44. The number of carbonyl (C=O) groups excluding carboxylic acids is 1. The van der Waals surface area contributed by atoms with Crippen molar-refractivity contribution >= 4 is 5.97 Å². The largest absolute Gasteiger partial charge is 0.460 e. The molecular formula is C14H26O3. The summed E-state index contributed by atoms with van der Waals surface area (Å²) >= 11 is 0. The van der Waals surface area contributed by atoms with Crippen molar-refractivity contribution in [2.75, 3.05) is 13.7 Å². The van der Waals surface area contributed by atoms with Crippen molar-refractivity contribution in [1.29, 1.82) is 0 Å². The number of ether oxygens (including phenoxy) is 2. The Morgan fingerprint density at radius 3 is 2.47 bits per heavy atom. The van der Waals surface area contributed by atoms with Crippen molar-refractivity contribution in [1.82, 2.24) is 0 Å². The maximum atomic E-state index is 11.9. The Labute approximate surface area is 105 Å². The van der Waals surface area contributed by atoms with Gasteiger partial charge in [0.1, 0.15) is 5.60 Å². The first-order valence-electron chi connectivity index (χ1n) is 6.47. The van der Waals surface area contributed by atoms with Crippen LogP contribution in [0.15, 0.2) is 0 Å². The summed E-state index contributed by atoms with van der Waals surface area (Å²) in [5.41, 5.74) is -0.383. The molecule has 1 aliphatic carbocycles. The van der Waals surface area contributed by atoms with Gasteiger partial charge in [-0.05, 0) is 39.5 Å². The first-order chi connectivity index (χ1) is 7.76. The number of rotatable bonds is 4. The van der Waals surface area contributed by atoms with Crippen molar-refractivity contribution in [3.63, 3.8) is 0 Å². The molecule has 0 bridgehead atoms. The highest BCUT2D eigenvalue weighted by atomic mass is 16.6. The van der Waals surface area contributed by atoms with Gasteiger partial charge in [0.15, 0.2) is 0 Å². The average molecular weight is 242 g/mol. The summed E-state index contributed by atoms with van der Waals surface area (Å²) in [5.74, 6) is 0.594. The predicted molar refractivity (Wildman–Crippen MR) is 67.8 cm³/mol. The van der Waals surface area contributed by atoms with Crippen LogP contribution >= 0.6 is 0 Å². The lowest BCUT2D eigenvalue weighted by atomic mass is 9.83. The summed E-state index contributed by atoms with van der Waals surface area (Å²) in [6.45, 7) is 8.63. The minimum Gasteiger partial charge on any atom is -0.460 e. The van der Waals surface area contributed by atoms with Crippen LogP contribution in [0.5, 0.6) is 0 Å². The fourth-order valence-electron chi connectivity index (χ4n) is 2.83. The number of hydrogen-bond acceptors (Lipinski definition) is 3. The molecule has 1 fully saturated rings. The zero-order chi connectivity index (χ0) is 13.1. The Morgan fingerprint density at radius 1 is 1.41 bits per heavy atom. The molecule has 3 nitrogen and oxygen atoms in total. The monoisotopic (exact) mass is 242 g/mol. The molecule has 0 aromatic carbocycles. The van der Waals surface area contributed by atoms with E-state index < -0.39 is 5.60 Å². The molecule has 0 amide bonds. The highest BCUT2D eigenvalue weighted by Gasteiger charge is 2.40. The third kappa shape index (κ3) is 4.66. The lowest BCUT2D eigenvalue weighted by molar-refractivity contribution is -0.158. The molecule has 0 aromatic rings. The molecule has 0 saturated heterocycles. The molecular weight excluding hydrogens is 216 g/mol. The fraction of sp³-hybridized carbons (Fsp3) is 0.929. The SMILES string of the molecule is COC[C@@]1(CC(=O)OC(C)(C)C)CC[C@@H](C)C1. The van der Waals surface area contributed by atoms with Gasteiger partial charge >= 0.3 is 5.97 Å². The molecule has 3 heteroatoms. The lowest BCUT2D eigenvalue weighted by Crippen LogP contribution is -2.31. The Morgan fingerprint density at radius 2 is 2.06 bits per heavy atom. The van der Waals surface area contributed by atoms with E-state index in [1.165, 1.54) is 6.42 Å². The van der Waals surface area contributed by atoms with Crippen LogP contribution in [0.25, 0.3) is 0 Å². The normalized spacial score (nSPS) is 29.4. The van der Waals surface area contributed by atoms with Crippen molar-refractivity contribution in [3.05, 3.63) is 0 Å². The highest BCUT2D eigenvalue weighted by Crippen LogP contribution is 2.44. The van der Waals surface area contributed by atoms with E-state index in [1.807, 2.05) is 20.8 Å². The second kappa shape index (κ2) is 5.38. The summed E-state index contributed by atoms with van der Waals surface area (Å²) in [6.07, 6.45) is 3.82. The third-order valence-electron chi connectivity index (χ3n) is 3.34. The third-order valence-corrected chi connectivity index (χ3v) is 3.34. The molecule has 2 atom stereocenters. The van der Waals surface area contributed by atoms with Crippen molar-refractivity contribution in [3.8, 4) is 0 Å². The van der Waals surface area contributed by atoms with Gasteiger partial charge in [-0.25, -0.2) is 0 Å². The molecule has 0 unspecified atom stereocenters. The first-order valence-corrected chi connectivity index (χ1v) is 6.47. The van der Waals surface area contributed by atoms with Crippen LogP contribution in [0.2, 0.25) is 0 Å². The zero-order valence-electron chi connectivity index (χ0n) is 11.8.